The highest BCUT2D eigenvalue weighted by Crippen LogP contribution is 2.38. The first kappa shape index (κ1) is 26.1. The molecular weight excluding hydrogens is 481 g/mol. The van der Waals surface area contributed by atoms with Crippen LogP contribution in [-0.4, -0.2) is 40.0 Å². The monoisotopic (exact) mass is 504 g/mol. The summed E-state index contributed by atoms with van der Waals surface area (Å²) in [6.07, 6.45) is 0.403. The van der Waals surface area contributed by atoms with Crippen molar-refractivity contribution in [3.8, 4) is 16.9 Å². The Balaban J connectivity index is 2.02. The van der Waals surface area contributed by atoms with Gasteiger partial charge in [0, 0.05) is 11.8 Å². The van der Waals surface area contributed by atoms with Crippen molar-refractivity contribution in [2.24, 2.45) is 0 Å². The van der Waals surface area contributed by atoms with Gasteiger partial charge in [-0.2, -0.15) is 24.9 Å². The fourth-order valence-corrected chi connectivity index (χ4v) is 3.87. The number of aromatic nitrogens is 1. The number of carbonyl (C=O) groups is 2. The third kappa shape index (κ3) is 6.98. The van der Waals surface area contributed by atoms with E-state index in [2.05, 4.69) is 10.3 Å². The van der Waals surface area contributed by atoms with Crippen molar-refractivity contribution in [3.63, 3.8) is 0 Å². The van der Waals surface area contributed by atoms with Crippen molar-refractivity contribution in [2.45, 2.75) is 25.2 Å². The van der Waals surface area contributed by atoms with Gasteiger partial charge in [-0.3, -0.25) is 9.78 Å². The van der Waals surface area contributed by atoms with Crippen LogP contribution in [0.4, 0.5) is 13.2 Å². The average molecular weight is 505 g/mol. The fourth-order valence-electron chi connectivity index (χ4n) is 3.40. The second kappa shape index (κ2) is 11.7. The topological polar surface area (TPSA) is 88.5 Å². The third-order valence-electron chi connectivity index (χ3n) is 5.11. The molecule has 0 saturated carbocycles. The van der Waals surface area contributed by atoms with E-state index in [1.165, 1.54) is 48.3 Å². The Kier molecular flexibility index (Phi) is 8.75. The van der Waals surface area contributed by atoms with Crippen LogP contribution in [0.3, 0.4) is 0 Å². The van der Waals surface area contributed by atoms with Crippen molar-refractivity contribution in [3.05, 3.63) is 83.7 Å². The van der Waals surface area contributed by atoms with Crippen LogP contribution in [0.5, 0.6) is 5.75 Å². The third-order valence-corrected chi connectivity index (χ3v) is 5.75. The van der Waals surface area contributed by atoms with Gasteiger partial charge in [-0.1, -0.05) is 24.3 Å². The first-order chi connectivity index (χ1) is 16.7. The predicted molar refractivity (Wildman–Crippen MR) is 127 cm³/mol. The minimum Gasteiger partial charge on any atom is -0.487 e. The number of amides is 1. The molecule has 0 fully saturated rings. The lowest BCUT2D eigenvalue weighted by Crippen LogP contribution is -2.41. The maximum absolute atomic E-state index is 13.8. The molecule has 10 heteroatoms. The van der Waals surface area contributed by atoms with E-state index in [0.717, 1.165) is 6.07 Å². The van der Waals surface area contributed by atoms with Crippen LogP contribution in [0.15, 0.2) is 67.0 Å². The number of carboxylic acid groups (broad SMARTS) is 1. The zero-order valence-corrected chi connectivity index (χ0v) is 19.5. The van der Waals surface area contributed by atoms with Gasteiger partial charge in [-0.05, 0) is 65.5 Å². The summed E-state index contributed by atoms with van der Waals surface area (Å²) in [5.41, 5.74) is -0.616. The molecule has 0 bridgehead atoms. The molecule has 0 aliphatic heterocycles. The van der Waals surface area contributed by atoms with Gasteiger partial charge in [-0.25, -0.2) is 4.79 Å². The van der Waals surface area contributed by atoms with Crippen molar-refractivity contribution < 1.29 is 32.6 Å². The van der Waals surface area contributed by atoms with Crippen molar-refractivity contribution in [1.29, 1.82) is 0 Å². The van der Waals surface area contributed by atoms with Crippen LogP contribution in [0.25, 0.3) is 11.1 Å². The van der Waals surface area contributed by atoms with Crippen molar-refractivity contribution in [2.75, 3.05) is 12.0 Å². The molecule has 0 radical (unpaired) electrons. The zero-order valence-electron chi connectivity index (χ0n) is 18.7. The number of nitrogens with zero attached hydrogens (tertiary/aromatic N) is 1. The zero-order chi connectivity index (χ0) is 25.4. The molecule has 0 spiro atoms. The Bertz CT molecular complexity index is 1170. The summed E-state index contributed by atoms with van der Waals surface area (Å²) in [6, 6.07) is 11.5. The lowest BCUT2D eigenvalue weighted by Gasteiger charge is -2.19. The Labute approximate surface area is 204 Å². The standard InChI is InChI=1S/C25H23F3N2O4S/c1-35-12-10-22(24(32)33)30-23(31)19-9-8-16(15-34-17-5-4-11-29-14-17)13-20(19)18-6-2-3-7-21(18)25(26,27)28/h2-9,11,13-14,22H,10,12,15H2,1H3,(H,30,31)(H,32,33). The van der Waals surface area contributed by atoms with Gasteiger partial charge in [0.05, 0.1) is 11.8 Å². The molecule has 3 aromatic rings. The number of nitrogens with one attached hydrogen (secondary N) is 1. The molecule has 3 rings (SSSR count). The Hall–Kier alpha value is -3.53. The minimum absolute atomic E-state index is 0.0247. The first-order valence-electron chi connectivity index (χ1n) is 10.6. The maximum atomic E-state index is 13.8. The number of ether oxygens (including phenoxy) is 1. The van der Waals surface area contributed by atoms with Gasteiger partial charge in [0.25, 0.3) is 5.91 Å². The lowest BCUT2D eigenvalue weighted by molar-refractivity contribution is -0.139. The summed E-state index contributed by atoms with van der Waals surface area (Å²) in [7, 11) is 0. The highest BCUT2D eigenvalue weighted by molar-refractivity contribution is 7.98. The highest BCUT2D eigenvalue weighted by Gasteiger charge is 2.34. The molecule has 1 amide bonds. The van der Waals surface area contributed by atoms with E-state index in [1.54, 1.807) is 30.7 Å². The number of rotatable bonds is 10. The predicted octanol–water partition coefficient (Wildman–Crippen LogP) is 5.28. The first-order valence-corrected chi connectivity index (χ1v) is 11.9. The number of aliphatic carboxylic acids is 1. The summed E-state index contributed by atoms with van der Waals surface area (Å²) < 4.78 is 47.0. The van der Waals surface area contributed by atoms with E-state index in [0.29, 0.717) is 17.1 Å². The molecule has 184 valence electrons. The molecule has 0 aliphatic rings. The van der Waals surface area contributed by atoms with Crippen LogP contribution in [0.2, 0.25) is 0 Å². The van der Waals surface area contributed by atoms with Crippen molar-refractivity contribution in [1.82, 2.24) is 10.3 Å². The summed E-state index contributed by atoms with van der Waals surface area (Å²) >= 11 is 1.42. The molecule has 1 atom stereocenters. The number of halogens is 3. The second-order valence-electron chi connectivity index (χ2n) is 7.55. The number of thioether (sulfide) groups is 1. The molecule has 1 unspecified atom stereocenters. The summed E-state index contributed by atoms with van der Waals surface area (Å²) in [5, 5.41) is 11.9. The number of pyridine rings is 1. The van der Waals surface area contributed by atoms with Gasteiger partial charge in [0.15, 0.2) is 0 Å². The molecule has 0 saturated heterocycles. The maximum Gasteiger partial charge on any atom is 0.417 e. The van der Waals surface area contributed by atoms with E-state index in [-0.39, 0.29) is 29.7 Å². The van der Waals surface area contributed by atoms with Crippen LogP contribution in [-0.2, 0) is 17.6 Å². The smallest absolute Gasteiger partial charge is 0.417 e. The normalized spacial score (nSPS) is 12.1. The fraction of sp³-hybridized carbons (Fsp3) is 0.240. The van der Waals surface area contributed by atoms with Crippen LogP contribution >= 0.6 is 11.8 Å². The molecular formula is C25H23F3N2O4S. The molecule has 0 aliphatic carbocycles. The number of carboxylic acids is 1. The molecule has 1 heterocycles. The largest absolute Gasteiger partial charge is 0.487 e. The van der Waals surface area contributed by atoms with Gasteiger partial charge in [0.1, 0.15) is 18.4 Å². The molecule has 2 N–H and O–H groups in total. The quantitative estimate of drug-likeness (QED) is 0.391. The van der Waals surface area contributed by atoms with E-state index in [1.807, 2.05) is 0 Å². The number of benzene rings is 2. The minimum atomic E-state index is -4.66. The SMILES string of the molecule is CSCCC(NC(=O)c1ccc(COc2cccnc2)cc1-c1ccccc1C(F)(F)F)C(=O)O. The van der Waals surface area contributed by atoms with Gasteiger partial charge >= 0.3 is 12.1 Å². The molecule has 1 aromatic heterocycles. The van der Waals surface area contributed by atoms with Crippen LogP contribution in [0, 0.1) is 0 Å². The summed E-state index contributed by atoms with van der Waals surface area (Å²) in [5.74, 6) is -1.02. The Morgan fingerprint density at radius 2 is 1.89 bits per heavy atom. The number of hydrogen-bond acceptors (Lipinski definition) is 5. The van der Waals surface area contributed by atoms with Crippen LogP contribution < -0.4 is 10.1 Å². The molecule has 35 heavy (non-hydrogen) atoms. The number of carbonyl (C=O) groups excluding carboxylic acids is 1. The number of alkyl halides is 3. The van der Waals surface area contributed by atoms with E-state index in [9.17, 15) is 27.9 Å². The van der Waals surface area contributed by atoms with E-state index < -0.39 is 29.7 Å². The van der Waals surface area contributed by atoms with Gasteiger partial charge in [-0.15, -0.1) is 0 Å². The summed E-state index contributed by atoms with van der Waals surface area (Å²) in [6.45, 7) is 0.0280. The average Bonchev–Trinajstić information content (AvgIpc) is 2.85. The van der Waals surface area contributed by atoms with E-state index >= 15 is 0 Å². The lowest BCUT2D eigenvalue weighted by atomic mass is 9.93. The second-order valence-corrected chi connectivity index (χ2v) is 8.53. The number of hydrogen-bond donors (Lipinski definition) is 2. The van der Waals surface area contributed by atoms with E-state index in [4.69, 9.17) is 4.74 Å². The Morgan fingerprint density at radius 3 is 2.54 bits per heavy atom. The van der Waals surface area contributed by atoms with Crippen molar-refractivity contribution >= 4 is 23.6 Å². The summed E-state index contributed by atoms with van der Waals surface area (Å²) in [4.78, 5) is 28.6. The Morgan fingerprint density at radius 1 is 1.11 bits per heavy atom. The van der Waals surface area contributed by atoms with Gasteiger partial charge < -0.3 is 15.2 Å². The highest BCUT2D eigenvalue weighted by atomic mass is 32.2. The molecule has 6 nitrogen and oxygen atoms in total. The van der Waals surface area contributed by atoms with Crippen LogP contribution in [0.1, 0.15) is 27.9 Å². The van der Waals surface area contributed by atoms with Gasteiger partial charge in [0.2, 0.25) is 0 Å². The molecule has 2 aromatic carbocycles.